The third-order valence-corrected chi connectivity index (χ3v) is 4.45. The van der Waals surface area contributed by atoms with Gasteiger partial charge in [-0.3, -0.25) is 9.67 Å². The molecule has 2 aromatic heterocycles. The van der Waals surface area contributed by atoms with E-state index in [9.17, 15) is 4.39 Å². The molecular weight excluding hydrogens is 355 g/mol. The molecule has 2 rings (SSSR count). The van der Waals surface area contributed by atoms with Crippen LogP contribution in [-0.4, -0.2) is 37.8 Å². The average molecular weight is 385 g/mol. The number of aryl methyl sites for hydroxylation is 3. The molecule has 0 atom stereocenters. The normalized spacial score (nSPS) is 11.7. The summed E-state index contributed by atoms with van der Waals surface area (Å²) in [6.45, 7) is 10.3. The minimum absolute atomic E-state index is 0.117. The summed E-state index contributed by atoms with van der Waals surface area (Å²) in [5, 5.41) is 4.20. The first-order chi connectivity index (χ1) is 13.3. The predicted molar refractivity (Wildman–Crippen MR) is 111 cm³/mol. The first-order valence-corrected chi connectivity index (χ1v) is 9.48. The highest BCUT2D eigenvalue weighted by Crippen LogP contribution is 2.17. The Bertz CT molecular complexity index is 902. The van der Waals surface area contributed by atoms with Gasteiger partial charge in [0.2, 0.25) is 0 Å². The van der Waals surface area contributed by atoms with Crippen LogP contribution in [0.5, 0.6) is 0 Å². The third kappa shape index (κ3) is 5.84. The van der Waals surface area contributed by atoms with Crippen molar-refractivity contribution in [2.75, 3.05) is 18.0 Å². The van der Waals surface area contributed by atoms with Crippen molar-refractivity contribution in [2.45, 2.75) is 41.0 Å². The molecule has 2 aromatic rings. The van der Waals surface area contributed by atoms with Gasteiger partial charge in [0.05, 0.1) is 24.6 Å². The highest BCUT2D eigenvalue weighted by Gasteiger charge is 2.10. The summed E-state index contributed by atoms with van der Waals surface area (Å²) in [5.41, 5.74) is 3.10. The van der Waals surface area contributed by atoms with Crippen LogP contribution in [0.4, 0.5) is 10.2 Å². The van der Waals surface area contributed by atoms with Gasteiger partial charge in [0.25, 0.3) is 0 Å². The van der Waals surface area contributed by atoms with E-state index in [4.69, 9.17) is 0 Å². The number of rotatable bonds is 6. The Hall–Kier alpha value is -2.83. The van der Waals surface area contributed by atoms with Crippen molar-refractivity contribution in [3.8, 4) is 11.3 Å². The van der Waals surface area contributed by atoms with Crippen LogP contribution >= 0.6 is 0 Å². The molecule has 6 nitrogen and oxygen atoms in total. The molecule has 28 heavy (non-hydrogen) atoms. The lowest BCUT2D eigenvalue weighted by Gasteiger charge is -2.21. The zero-order valence-corrected chi connectivity index (χ0v) is 17.6. The van der Waals surface area contributed by atoms with Gasteiger partial charge in [0, 0.05) is 31.0 Å². The van der Waals surface area contributed by atoms with Crippen LogP contribution in [0, 0.1) is 13.8 Å². The van der Waals surface area contributed by atoms with Crippen molar-refractivity contribution >= 4 is 5.82 Å². The Labute approximate surface area is 166 Å². The fourth-order valence-corrected chi connectivity index (χ4v) is 2.55. The van der Waals surface area contributed by atoms with Crippen molar-refractivity contribution < 1.29 is 4.39 Å². The zero-order valence-electron chi connectivity index (χ0n) is 17.6. The van der Waals surface area contributed by atoms with Crippen LogP contribution in [0.3, 0.4) is 0 Å². The number of allylic oxidation sites excluding steroid dienone is 1. The maximum absolute atomic E-state index is 14.5. The SMILES string of the molecule is CC/C(C)=C(\F)CN(CC)c1ccc(C)ncc(-c2cnn(C)c2)nc(C)n1. The first-order valence-electron chi connectivity index (χ1n) is 9.48. The minimum Gasteiger partial charge on any atom is -0.350 e. The second-order valence-electron chi connectivity index (χ2n) is 6.70. The number of nitrogens with zero attached hydrogens (tertiary/aromatic N) is 6. The zero-order chi connectivity index (χ0) is 20.7. The van der Waals surface area contributed by atoms with E-state index in [0.717, 1.165) is 16.8 Å². The molecule has 0 saturated heterocycles. The van der Waals surface area contributed by atoms with Crippen LogP contribution in [0.15, 0.2) is 42.1 Å². The molecule has 0 aliphatic heterocycles. The molecular formula is C21H29FN6. The molecule has 0 unspecified atom stereocenters. The molecule has 2 heterocycles. The van der Waals surface area contributed by atoms with Gasteiger partial charge in [-0.2, -0.15) is 5.10 Å². The predicted octanol–water partition coefficient (Wildman–Crippen LogP) is 4.49. The molecule has 0 fully saturated rings. The molecule has 0 aliphatic rings. The van der Waals surface area contributed by atoms with Gasteiger partial charge in [-0.15, -0.1) is 0 Å². The van der Waals surface area contributed by atoms with E-state index in [1.807, 2.05) is 64.9 Å². The number of likely N-dealkylation sites (N-methyl/N-ethyl adjacent to an activating group) is 1. The second-order valence-corrected chi connectivity index (χ2v) is 6.70. The summed E-state index contributed by atoms with van der Waals surface area (Å²) in [7, 11) is 1.85. The molecule has 0 radical (unpaired) electrons. The molecule has 0 aromatic carbocycles. The lowest BCUT2D eigenvalue weighted by Crippen LogP contribution is -2.25. The van der Waals surface area contributed by atoms with Gasteiger partial charge in [-0.1, -0.05) is 6.92 Å². The Kier molecular flexibility index (Phi) is 7.61. The largest absolute Gasteiger partial charge is 0.350 e. The Morgan fingerprint density at radius 2 is 1.89 bits per heavy atom. The highest BCUT2D eigenvalue weighted by atomic mass is 19.1. The summed E-state index contributed by atoms with van der Waals surface area (Å²) in [6.07, 6.45) is 6.03. The van der Waals surface area contributed by atoms with Gasteiger partial charge >= 0.3 is 0 Å². The summed E-state index contributed by atoms with van der Waals surface area (Å²) < 4.78 is 16.2. The van der Waals surface area contributed by atoms with Gasteiger partial charge in [0.1, 0.15) is 17.5 Å². The van der Waals surface area contributed by atoms with Gasteiger partial charge in [-0.25, -0.2) is 14.4 Å². The molecule has 0 spiro atoms. The van der Waals surface area contributed by atoms with E-state index in [2.05, 4.69) is 20.1 Å². The van der Waals surface area contributed by atoms with Crippen LogP contribution in [0.2, 0.25) is 0 Å². The van der Waals surface area contributed by atoms with Crippen LogP contribution in [0.1, 0.15) is 38.7 Å². The van der Waals surface area contributed by atoms with E-state index in [1.165, 1.54) is 0 Å². The molecule has 7 heteroatoms. The van der Waals surface area contributed by atoms with Crippen molar-refractivity contribution in [3.05, 3.63) is 53.6 Å². The van der Waals surface area contributed by atoms with Gasteiger partial charge < -0.3 is 4.90 Å². The van der Waals surface area contributed by atoms with Crippen molar-refractivity contribution in [3.63, 3.8) is 0 Å². The van der Waals surface area contributed by atoms with Crippen molar-refractivity contribution in [1.82, 2.24) is 24.7 Å². The third-order valence-electron chi connectivity index (χ3n) is 4.45. The van der Waals surface area contributed by atoms with Crippen molar-refractivity contribution in [1.29, 1.82) is 0 Å². The smallest absolute Gasteiger partial charge is 0.131 e. The molecule has 0 saturated carbocycles. The maximum atomic E-state index is 14.5. The van der Waals surface area contributed by atoms with E-state index in [0.29, 0.717) is 30.3 Å². The number of anilines is 1. The van der Waals surface area contributed by atoms with E-state index in [-0.39, 0.29) is 12.4 Å². The second kappa shape index (κ2) is 9.92. The number of halogens is 1. The maximum Gasteiger partial charge on any atom is 0.131 e. The Balaban J connectivity index is 2.56. The Morgan fingerprint density at radius 1 is 1.14 bits per heavy atom. The molecule has 0 bridgehead atoms. The number of aromatic nitrogens is 5. The quantitative estimate of drug-likeness (QED) is 0.734. The van der Waals surface area contributed by atoms with Crippen molar-refractivity contribution in [2.24, 2.45) is 7.05 Å². The summed E-state index contributed by atoms with van der Waals surface area (Å²) in [5.74, 6) is 1.11. The lowest BCUT2D eigenvalue weighted by molar-refractivity contribution is 0.584. The monoisotopic (exact) mass is 384 g/mol. The minimum atomic E-state index is -0.117. The van der Waals surface area contributed by atoms with E-state index in [1.54, 1.807) is 17.1 Å². The van der Waals surface area contributed by atoms with Crippen LogP contribution in [-0.2, 0) is 7.05 Å². The molecule has 0 aliphatic carbocycles. The molecule has 150 valence electrons. The lowest BCUT2D eigenvalue weighted by atomic mass is 10.2. The summed E-state index contributed by atoms with van der Waals surface area (Å²) >= 11 is 0. The van der Waals surface area contributed by atoms with Gasteiger partial charge in [0.15, 0.2) is 0 Å². The van der Waals surface area contributed by atoms with Crippen LogP contribution in [0.25, 0.3) is 11.3 Å². The standard InChI is InChI=1S/C21H29FN6/c1-7-15(3)19(22)14-28(8-2)21-10-9-16(4)23-12-20(25-17(5)26-21)18-11-24-27(6)13-18/h9-13H,7-8,14H2,1-6H3/b10-9?,16-9?,19-15-,20-12?,21-10?,23-12?,23-16?,25-17?,25-20?,26-17?,26-21?. The summed E-state index contributed by atoms with van der Waals surface area (Å²) in [4.78, 5) is 15.6. The first kappa shape index (κ1) is 21.5. The number of hydrogen-bond donors (Lipinski definition) is 0. The molecule has 0 amide bonds. The fraction of sp³-hybridized carbons (Fsp3) is 0.429. The summed E-state index contributed by atoms with van der Waals surface area (Å²) in [6, 6.07) is 3.74. The molecule has 0 N–H and O–H groups in total. The van der Waals surface area contributed by atoms with Gasteiger partial charge in [-0.05, 0) is 51.8 Å². The van der Waals surface area contributed by atoms with E-state index >= 15 is 0 Å². The topological polar surface area (TPSA) is 59.7 Å². The highest BCUT2D eigenvalue weighted by molar-refractivity contribution is 5.55. The van der Waals surface area contributed by atoms with E-state index < -0.39 is 0 Å². The van der Waals surface area contributed by atoms with Crippen LogP contribution < -0.4 is 4.90 Å². The number of hydrogen-bond acceptors (Lipinski definition) is 5. The average Bonchev–Trinajstić information content (AvgIpc) is 3.11. The Morgan fingerprint density at radius 3 is 2.50 bits per heavy atom. The fourth-order valence-electron chi connectivity index (χ4n) is 2.55.